The number of carbonyl (C=O) groups excluding carboxylic acids is 3. The standard InChI is InChI=1S/C38H46N4O10/c1-4-6-12-51-26-18-23(42-10-14-50-15-11-42)27(52-13-7-5-2)17-22(26)41-40-21-8-9-24(43)31-28(21)19(3)29-33(37(31)48)36(47)30-20(34(29)45)16-25(44)32(35(30)46)38(39)49/h8-9,17-20,29-30,34,43,45-46,48H,4-7,10-16H2,1-3H3,(H2,39,49). The summed E-state index contributed by atoms with van der Waals surface area (Å²) in [4.78, 5) is 40.9. The van der Waals surface area contributed by atoms with Crippen molar-refractivity contribution < 1.29 is 49.0 Å². The number of unbranched alkanes of at least 4 members (excludes halogenated alkanes) is 2. The van der Waals surface area contributed by atoms with Crippen molar-refractivity contribution in [2.45, 2.75) is 64.9 Å². The number of anilines is 1. The first-order chi connectivity index (χ1) is 25.0. The number of morpholine rings is 1. The lowest BCUT2D eigenvalue weighted by atomic mass is 9.57. The minimum atomic E-state index is -1.47. The minimum Gasteiger partial charge on any atom is -0.511 e. The molecule has 278 valence electrons. The van der Waals surface area contributed by atoms with Gasteiger partial charge in [-0.15, -0.1) is 5.11 Å². The molecule has 1 saturated carbocycles. The molecule has 52 heavy (non-hydrogen) atoms. The molecular weight excluding hydrogens is 672 g/mol. The number of hydrogen-bond donors (Lipinski definition) is 5. The van der Waals surface area contributed by atoms with Gasteiger partial charge >= 0.3 is 0 Å². The molecular formula is C38H46N4O10. The van der Waals surface area contributed by atoms with E-state index in [0.717, 1.165) is 31.4 Å². The molecule has 14 heteroatoms. The summed E-state index contributed by atoms with van der Waals surface area (Å²) in [7, 11) is 0. The van der Waals surface area contributed by atoms with E-state index in [1.54, 1.807) is 13.0 Å². The maximum absolute atomic E-state index is 14.0. The zero-order valence-corrected chi connectivity index (χ0v) is 29.6. The van der Waals surface area contributed by atoms with Crippen LogP contribution in [0.1, 0.15) is 69.9 Å². The maximum Gasteiger partial charge on any atom is 0.255 e. The largest absolute Gasteiger partial charge is 0.511 e. The van der Waals surface area contributed by atoms with Crippen molar-refractivity contribution >= 4 is 40.3 Å². The van der Waals surface area contributed by atoms with Gasteiger partial charge in [0.25, 0.3) is 5.91 Å². The number of aliphatic hydroxyl groups is 3. The third-order valence-corrected chi connectivity index (χ3v) is 10.5. The number of nitrogens with two attached hydrogens (primary N) is 1. The molecule has 5 unspecified atom stereocenters. The number of nitrogens with zero attached hydrogens (tertiary/aromatic N) is 3. The Labute approximate surface area is 301 Å². The number of carbonyl (C=O) groups is 3. The number of aromatic hydroxyl groups is 1. The monoisotopic (exact) mass is 718 g/mol. The summed E-state index contributed by atoms with van der Waals surface area (Å²) in [5.74, 6) is -7.67. The van der Waals surface area contributed by atoms with E-state index in [2.05, 4.69) is 29.0 Å². The number of phenols is 1. The van der Waals surface area contributed by atoms with Gasteiger partial charge < -0.3 is 45.3 Å². The average molecular weight is 719 g/mol. The Hall–Kier alpha value is -4.95. The summed E-state index contributed by atoms with van der Waals surface area (Å²) in [5, 5.41) is 54.4. The Morgan fingerprint density at radius 2 is 1.63 bits per heavy atom. The predicted molar refractivity (Wildman–Crippen MR) is 190 cm³/mol. The highest BCUT2D eigenvalue weighted by atomic mass is 16.5. The van der Waals surface area contributed by atoms with Crippen molar-refractivity contribution in [2.75, 3.05) is 44.4 Å². The average Bonchev–Trinajstić information content (AvgIpc) is 3.12. The summed E-state index contributed by atoms with van der Waals surface area (Å²) in [6.07, 6.45) is 1.76. The van der Waals surface area contributed by atoms with E-state index in [4.69, 9.17) is 19.9 Å². The number of aliphatic hydroxyl groups excluding tert-OH is 3. The highest BCUT2D eigenvalue weighted by Gasteiger charge is 2.57. The van der Waals surface area contributed by atoms with Crippen molar-refractivity contribution in [3.05, 3.63) is 52.3 Å². The van der Waals surface area contributed by atoms with Crippen molar-refractivity contribution in [3.63, 3.8) is 0 Å². The molecule has 0 radical (unpaired) electrons. The van der Waals surface area contributed by atoms with E-state index in [-0.39, 0.29) is 22.6 Å². The van der Waals surface area contributed by atoms with Gasteiger partial charge in [-0.2, -0.15) is 5.11 Å². The minimum absolute atomic E-state index is 0.0645. The van der Waals surface area contributed by atoms with Crippen LogP contribution in [-0.4, -0.2) is 83.5 Å². The van der Waals surface area contributed by atoms with Crippen LogP contribution in [0.15, 0.2) is 51.4 Å². The Kier molecular flexibility index (Phi) is 10.9. The van der Waals surface area contributed by atoms with Crippen molar-refractivity contribution in [1.82, 2.24) is 0 Å². The van der Waals surface area contributed by atoms with Crippen LogP contribution in [0.5, 0.6) is 17.2 Å². The van der Waals surface area contributed by atoms with E-state index in [0.29, 0.717) is 62.3 Å². The fourth-order valence-corrected chi connectivity index (χ4v) is 7.79. The van der Waals surface area contributed by atoms with E-state index >= 15 is 0 Å². The second kappa shape index (κ2) is 15.3. The van der Waals surface area contributed by atoms with Crippen LogP contribution in [0.4, 0.5) is 17.1 Å². The lowest BCUT2D eigenvalue weighted by molar-refractivity contribution is -0.133. The van der Waals surface area contributed by atoms with E-state index < -0.39 is 70.8 Å². The second-order valence-corrected chi connectivity index (χ2v) is 13.7. The lowest BCUT2D eigenvalue weighted by Crippen LogP contribution is -2.52. The van der Waals surface area contributed by atoms with Crippen molar-refractivity contribution in [2.24, 2.45) is 33.7 Å². The van der Waals surface area contributed by atoms with Crippen LogP contribution in [0.2, 0.25) is 0 Å². The van der Waals surface area contributed by atoms with Gasteiger partial charge in [-0.25, -0.2) is 0 Å². The highest BCUT2D eigenvalue weighted by molar-refractivity contribution is 6.21. The Bertz CT molecular complexity index is 1850. The van der Waals surface area contributed by atoms with Gasteiger partial charge in [0.2, 0.25) is 0 Å². The molecule has 0 aromatic heterocycles. The van der Waals surface area contributed by atoms with Crippen LogP contribution in [0.25, 0.3) is 5.76 Å². The lowest BCUT2D eigenvalue weighted by Gasteiger charge is -2.46. The molecule has 3 aliphatic carbocycles. The summed E-state index contributed by atoms with van der Waals surface area (Å²) in [6.45, 7) is 9.37. The van der Waals surface area contributed by atoms with Crippen LogP contribution in [0, 0.1) is 17.8 Å². The maximum atomic E-state index is 14.0. The third kappa shape index (κ3) is 6.60. The topological polar surface area (TPSA) is 214 Å². The van der Waals surface area contributed by atoms with Gasteiger partial charge in [0.05, 0.1) is 55.4 Å². The first kappa shape index (κ1) is 36.8. The van der Waals surface area contributed by atoms with Crippen LogP contribution in [-0.2, 0) is 19.1 Å². The molecule has 6 N–H and O–H groups in total. The number of ether oxygens (including phenoxy) is 3. The van der Waals surface area contributed by atoms with Gasteiger partial charge in [-0.05, 0) is 36.5 Å². The molecule has 1 amide bonds. The second-order valence-electron chi connectivity index (χ2n) is 13.7. The first-order valence-corrected chi connectivity index (χ1v) is 18.0. The summed E-state index contributed by atoms with van der Waals surface area (Å²) in [5.41, 5.74) is 6.21. The molecule has 1 heterocycles. The van der Waals surface area contributed by atoms with Crippen LogP contribution < -0.4 is 20.1 Å². The highest BCUT2D eigenvalue weighted by Crippen LogP contribution is 2.56. The number of amides is 1. The summed E-state index contributed by atoms with van der Waals surface area (Å²) < 4.78 is 18.1. The molecule has 5 atom stereocenters. The molecule has 2 aromatic carbocycles. The number of fused-ring (bicyclic) bond motifs is 3. The Morgan fingerprint density at radius 1 is 0.981 bits per heavy atom. The third-order valence-electron chi connectivity index (χ3n) is 10.5. The van der Waals surface area contributed by atoms with Gasteiger partial charge in [-0.1, -0.05) is 33.6 Å². The number of phenolic OH excluding ortho intramolecular Hbond substituents is 1. The number of allylic oxidation sites excluding steroid dienone is 1. The van der Waals surface area contributed by atoms with E-state index in [1.807, 2.05) is 6.07 Å². The summed E-state index contributed by atoms with van der Waals surface area (Å²) in [6, 6.07) is 6.56. The molecule has 0 spiro atoms. The molecule has 1 saturated heterocycles. The molecule has 2 aromatic rings. The van der Waals surface area contributed by atoms with Crippen LogP contribution in [0.3, 0.4) is 0 Å². The summed E-state index contributed by atoms with van der Waals surface area (Å²) >= 11 is 0. The molecule has 1 aliphatic heterocycles. The quantitative estimate of drug-likeness (QED) is 0.106. The zero-order valence-electron chi connectivity index (χ0n) is 29.6. The SMILES string of the molecule is CCCCOc1cc(N2CCOCC2)c(OCCCC)cc1N=Nc1ccc(O)c2c1C(C)C1C(=C2O)C(=O)C2C(O)=C(C(N)=O)C(=O)CC2C1O. The Morgan fingerprint density at radius 3 is 2.29 bits per heavy atom. The van der Waals surface area contributed by atoms with Gasteiger partial charge in [0.1, 0.15) is 40.0 Å². The molecule has 4 aliphatic rings. The fourth-order valence-electron chi connectivity index (χ4n) is 7.79. The normalized spacial score (nSPS) is 24.5. The van der Waals surface area contributed by atoms with Gasteiger partial charge in [-0.3, -0.25) is 14.4 Å². The number of hydrogen-bond acceptors (Lipinski definition) is 13. The molecule has 2 fully saturated rings. The van der Waals surface area contributed by atoms with Crippen LogP contribution >= 0.6 is 0 Å². The van der Waals surface area contributed by atoms with Gasteiger partial charge in [0.15, 0.2) is 11.6 Å². The predicted octanol–water partition coefficient (Wildman–Crippen LogP) is 5.45. The number of Topliss-reactive ketones (excluding diaryl/α,β-unsaturated/α-hetero) is 2. The molecule has 6 rings (SSSR count). The number of ketones is 2. The smallest absolute Gasteiger partial charge is 0.255 e. The first-order valence-electron chi connectivity index (χ1n) is 18.0. The molecule has 0 bridgehead atoms. The number of primary amides is 1. The van der Waals surface area contributed by atoms with Crippen molar-refractivity contribution in [3.8, 4) is 17.2 Å². The number of benzene rings is 2. The van der Waals surface area contributed by atoms with Gasteiger partial charge in [0, 0.05) is 49.1 Å². The number of rotatable bonds is 12. The van der Waals surface area contributed by atoms with Crippen molar-refractivity contribution in [1.29, 1.82) is 0 Å². The fraction of sp³-hybridized carbons (Fsp3) is 0.500. The number of azo groups is 1. The van der Waals surface area contributed by atoms with E-state index in [1.165, 1.54) is 12.1 Å². The zero-order chi connectivity index (χ0) is 37.3. The Balaban J connectivity index is 1.44. The van der Waals surface area contributed by atoms with E-state index in [9.17, 15) is 34.8 Å². The molecule has 14 nitrogen and oxygen atoms in total.